The van der Waals surface area contributed by atoms with Gasteiger partial charge in [-0.2, -0.15) is 0 Å². The molecule has 1 atom stereocenters. The second kappa shape index (κ2) is 5.82. The van der Waals surface area contributed by atoms with Crippen LogP contribution in [-0.4, -0.2) is 15.8 Å². The SMILES string of the molecule is O=C(Cc1ccc(Cl)cc1)C1CCCc2[nH]c3ncccc3c21. The number of hydrogen-bond acceptors (Lipinski definition) is 2. The topological polar surface area (TPSA) is 45.8 Å². The normalized spacial score (nSPS) is 17.2. The molecule has 0 spiro atoms. The lowest BCUT2D eigenvalue weighted by Gasteiger charge is -2.22. The van der Waals surface area contributed by atoms with Crippen molar-refractivity contribution >= 4 is 28.4 Å². The molecule has 1 aromatic carbocycles. The molecular formula is C19H17ClN2O. The van der Waals surface area contributed by atoms with E-state index >= 15 is 0 Å². The average molecular weight is 325 g/mol. The fraction of sp³-hybridized carbons (Fsp3) is 0.263. The van der Waals surface area contributed by atoms with E-state index in [-0.39, 0.29) is 11.7 Å². The van der Waals surface area contributed by atoms with Crippen molar-refractivity contribution in [3.05, 3.63) is 64.4 Å². The summed E-state index contributed by atoms with van der Waals surface area (Å²) in [6.07, 6.45) is 5.19. The Labute approximate surface area is 139 Å². The summed E-state index contributed by atoms with van der Waals surface area (Å²) in [6.45, 7) is 0. The van der Waals surface area contributed by atoms with Gasteiger partial charge in [0.25, 0.3) is 0 Å². The first kappa shape index (κ1) is 14.5. The highest BCUT2D eigenvalue weighted by molar-refractivity contribution is 6.30. The van der Waals surface area contributed by atoms with Crippen molar-refractivity contribution in [2.45, 2.75) is 31.6 Å². The maximum Gasteiger partial charge on any atom is 0.144 e. The lowest BCUT2D eigenvalue weighted by molar-refractivity contribution is -0.120. The first-order chi connectivity index (χ1) is 11.2. The fourth-order valence-corrected chi connectivity index (χ4v) is 3.69. The Balaban J connectivity index is 1.68. The van der Waals surface area contributed by atoms with Gasteiger partial charge in [0.05, 0.1) is 0 Å². The van der Waals surface area contributed by atoms with Crippen molar-refractivity contribution < 1.29 is 4.79 Å². The number of aromatic nitrogens is 2. The van der Waals surface area contributed by atoms with Gasteiger partial charge in [-0.25, -0.2) is 4.98 Å². The molecule has 0 saturated carbocycles. The van der Waals surface area contributed by atoms with Crippen molar-refractivity contribution in [2.24, 2.45) is 0 Å². The van der Waals surface area contributed by atoms with Crippen molar-refractivity contribution in [1.82, 2.24) is 9.97 Å². The Morgan fingerprint density at radius 1 is 1.26 bits per heavy atom. The van der Waals surface area contributed by atoms with E-state index in [4.69, 9.17) is 11.6 Å². The van der Waals surface area contributed by atoms with Gasteiger partial charge in [-0.05, 0) is 54.7 Å². The highest BCUT2D eigenvalue weighted by Gasteiger charge is 2.29. The fourth-order valence-electron chi connectivity index (χ4n) is 3.57. The predicted molar refractivity (Wildman–Crippen MR) is 91.9 cm³/mol. The first-order valence-corrected chi connectivity index (χ1v) is 8.33. The molecule has 4 heteroatoms. The molecule has 1 aliphatic rings. The van der Waals surface area contributed by atoms with E-state index in [9.17, 15) is 4.79 Å². The minimum absolute atomic E-state index is 0.0348. The summed E-state index contributed by atoms with van der Waals surface area (Å²) in [7, 11) is 0. The third kappa shape index (κ3) is 2.66. The number of Topliss-reactive ketones (excluding diaryl/α,β-unsaturated/α-hetero) is 1. The number of fused-ring (bicyclic) bond motifs is 3. The van der Waals surface area contributed by atoms with Gasteiger partial charge in [0, 0.05) is 34.6 Å². The monoisotopic (exact) mass is 324 g/mol. The zero-order chi connectivity index (χ0) is 15.8. The third-order valence-electron chi connectivity index (χ3n) is 4.64. The Bertz CT molecular complexity index is 867. The van der Waals surface area contributed by atoms with Gasteiger partial charge in [-0.15, -0.1) is 0 Å². The lowest BCUT2D eigenvalue weighted by Crippen LogP contribution is -2.19. The molecule has 116 valence electrons. The summed E-state index contributed by atoms with van der Waals surface area (Å²) in [5.74, 6) is 0.241. The number of aryl methyl sites for hydroxylation is 1. The number of halogens is 1. The third-order valence-corrected chi connectivity index (χ3v) is 4.89. The number of ketones is 1. The Morgan fingerprint density at radius 3 is 2.91 bits per heavy atom. The number of hydrogen-bond donors (Lipinski definition) is 1. The molecule has 1 unspecified atom stereocenters. The molecule has 0 fully saturated rings. The second-order valence-electron chi connectivity index (χ2n) is 6.13. The van der Waals surface area contributed by atoms with E-state index in [0.717, 1.165) is 35.9 Å². The van der Waals surface area contributed by atoms with Crippen LogP contribution in [0.4, 0.5) is 0 Å². The molecule has 23 heavy (non-hydrogen) atoms. The molecule has 0 saturated heterocycles. The number of pyridine rings is 1. The number of nitrogens with one attached hydrogen (secondary N) is 1. The maximum atomic E-state index is 12.9. The van der Waals surface area contributed by atoms with Crippen LogP contribution in [0.1, 0.15) is 35.6 Å². The highest BCUT2D eigenvalue weighted by atomic mass is 35.5. The number of aromatic amines is 1. The summed E-state index contributed by atoms with van der Waals surface area (Å²) in [6, 6.07) is 11.5. The van der Waals surface area contributed by atoms with Crippen LogP contribution in [0.25, 0.3) is 11.0 Å². The Kier molecular flexibility index (Phi) is 3.66. The average Bonchev–Trinajstić information content (AvgIpc) is 2.95. The Hall–Kier alpha value is -2.13. The quantitative estimate of drug-likeness (QED) is 0.773. The summed E-state index contributed by atoms with van der Waals surface area (Å²) in [5, 5.41) is 1.79. The molecule has 1 aliphatic carbocycles. The van der Waals surface area contributed by atoms with E-state index < -0.39 is 0 Å². The predicted octanol–water partition coefficient (Wildman–Crippen LogP) is 4.45. The molecule has 4 rings (SSSR count). The van der Waals surface area contributed by atoms with Crippen LogP contribution in [0.15, 0.2) is 42.6 Å². The van der Waals surface area contributed by atoms with Gasteiger partial charge in [-0.1, -0.05) is 23.7 Å². The molecule has 0 radical (unpaired) electrons. The van der Waals surface area contributed by atoms with Crippen LogP contribution in [0.3, 0.4) is 0 Å². The molecule has 0 amide bonds. The van der Waals surface area contributed by atoms with Crippen LogP contribution < -0.4 is 0 Å². The zero-order valence-electron chi connectivity index (χ0n) is 12.7. The van der Waals surface area contributed by atoms with Gasteiger partial charge < -0.3 is 4.98 Å². The van der Waals surface area contributed by atoms with Crippen LogP contribution in [0, 0.1) is 0 Å². The standard InChI is InChI=1S/C19H17ClN2O/c20-13-8-6-12(7-9-13)11-17(23)14-3-1-5-16-18(14)15-4-2-10-21-19(15)22-16/h2,4,6-10,14H,1,3,5,11H2,(H,21,22). The van der Waals surface area contributed by atoms with Gasteiger partial charge in [0.15, 0.2) is 0 Å². The smallest absolute Gasteiger partial charge is 0.144 e. The molecular weight excluding hydrogens is 308 g/mol. The zero-order valence-corrected chi connectivity index (χ0v) is 13.4. The summed E-state index contributed by atoms with van der Waals surface area (Å²) in [5.41, 5.74) is 4.26. The van der Waals surface area contributed by atoms with Gasteiger partial charge in [0.1, 0.15) is 11.4 Å². The molecule has 3 nitrogen and oxygen atoms in total. The van der Waals surface area contributed by atoms with E-state index in [1.807, 2.05) is 30.3 Å². The van der Waals surface area contributed by atoms with E-state index in [0.29, 0.717) is 11.4 Å². The van der Waals surface area contributed by atoms with E-state index in [1.165, 1.54) is 11.3 Å². The molecule has 2 aromatic heterocycles. The van der Waals surface area contributed by atoms with Crippen molar-refractivity contribution in [2.75, 3.05) is 0 Å². The maximum absolute atomic E-state index is 12.9. The number of carbonyl (C=O) groups excluding carboxylic acids is 1. The van der Waals surface area contributed by atoms with E-state index in [1.54, 1.807) is 6.20 Å². The Morgan fingerprint density at radius 2 is 2.09 bits per heavy atom. The minimum Gasteiger partial charge on any atom is -0.343 e. The summed E-state index contributed by atoms with van der Waals surface area (Å²) < 4.78 is 0. The van der Waals surface area contributed by atoms with Gasteiger partial charge in [0.2, 0.25) is 0 Å². The minimum atomic E-state index is -0.0348. The van der Waals surface area contributed by atoms with Crippen LogP contribution in [-0.2, 0) is 17.6 Å². The van der Waals surface area contributed by atoms with Gasteiger partial charge >= 0.3 is 0 Å². The number of nitrogens with zero attached hydrogens (tertiary/aromatic N) is 1. The van der Waals surface area contributed by atoms with Crippen molar-refractivity contribution in [3.8, 4) is 0 Å². The van der Waals surface area contributed by atoms with Crippen molar-refractivity contribution in [3.63, 3.8) is 0 Å². The number of H-pyrrole nitrogens is 1. The largest absolute Gasteiger partial charge is 0.343 e. The second-order valence-corrected chi connectivity index (χ2v) is 6.57. The number of rotatable bonds is 3. The lowest BCUT2D eigenvalue weighted by atomic mass is 9.81. The first-order valence-electron chi connectivity index (χ1n) is 7.95. The molecule has 0 bridgehead atoms. The van der Waals surface area contributed by atoms with Crippen LogP contribution >= 0.6 is 11.6 Å². The highest BCUT2D eigenvalue weighted by Crippen LogP contribution is 2.37. The molecule has 1 N–H and O–H groups in total. The van der Waals surface area contributed by atoms with E-state index in [2.05, 4.69) is 16.0 Å². The number of carbonyl (C=O) groups is 1. The summed E-state index contributed by atoms with van der Waals surface area (Å²) >= 11 is 5.92. The molecule has 0 aliphatic heterocycles. The summed E-state index contributed by atoms with van der Waals surface area (Å²) in [4.78, 5) is 20.7. The molecule has 2 heterocycles. The van der Waals surface area contributed by atoms with Crippen molar-refractivity contribution in [1.29, 1.82) is 0 Å². The van der Waals surface area contributed by atoms with Crippen LogP contribution in [0.5, 0.6) is 0 Å². The number of benzene rings is 1. The van der Waals surface area contributed by atoms with Gasteiger partial charge in [-0.3, -0.25) is 4.79 Å². The molecule has 3 aromatic rings. The van der Waals surface area contributed by atoms with Crippen LogP contribution in [0.2, 0.25) is 5.02 Å².